The number of aryl methyl sites for hydroxylation is 1. The van der Waals surface area contributed by atoms with E-state index >= 15 is 0 Å². The quantitative estimate of drug-likeness (QED) is 0.397. The van der Waals surface area contributed by atoms with Gasteiger partial charge in [0.2, 0.25) is 0 Å². The Hall–Kier alpha value is -1.09. The number of halogens is 2. The second-order valence-corrected chi connectivity index (χ2v) is 7.11. The van der Waals surface area contributed by atoms with Gasteiger partial charge in [0.05, 0.1) is 12.7 Å². The van der Waals surface area contributed by atoms with Gasteiger partial charge in [-0.05, 0) is 70.3 Å². The average Bonchev–Trinajstić information content (AvgIpc) is 2.79. The molecule has 5 heteroatoms. The summed E-state index contributed by atoms with van der Waals surface area (Å²) >= 11 is 4.08. The first-order valence-corrected chi connectivity index (χ1v) is 8.45. The predicted octanol–water partition coefficient (Wildman–Crippen LogP) is 4.62. The lowest BCUT2D eigenvalue weighted by Gasteiger charge is -2.06. The first-order valence-electron chi connectivity index (χ1n) is 6.29. The summed E-state index contributed by atoms with van der Waals surface area (Å²) in [7, 11) is 0. The highest BCUT2D eigenvalue weighted by molar-refractivity contribution is 14.1. The lowest BCUT2D eigenvalue weighted by molar-refractivity contribution is 0.103. The fourth-order valence-corrected chi connectivity index (χ4v) is 4.18. The molecule has 0 aliphatic carbocycles. The Kier molecular flexibility index (Phi) is 3.96. The van der Waals surface area contributed by atoms with Crippen LogP contribution in [0.4, 0.5) is 0 Å². The third-order valence-corrected chi connectivity index (χ3v) is 5.04. The van der Waals surface area contributed by atoms with Gasteiger partial charge in [0.15, 0.2) is 5.78 Å². The number of carbonyl (C=O) groups excluding carboxylic acids is 1. The van der Waals surface area contributed by atoms with E-state index in [0.29, 0.717) is 18.3 Å². The van der Waals surface area contributed by atoms with E-state index < -0.39 is 0 Å². The van der Waals surface area contributed by atoms with Crippen molar-refractivity contribution in [1.82, 2.24) is 4.98 Å². The average molecular weight is 503 g/mol. The Morgan fingerprint density at radius 1 is 1.14 bits per heavy atom. The maximum Gasteiger partial charge on any atom is 0.195 e. The molecular weight excluding hydrogens is 492 g/mol. The molecule has 0 bridgehead atoms. The van der Waals surface area contributed by atoms with Crippen LogP contribution in [0.1, 0.15) is 21.6 Å². The molecule has 3 rings (SSSR count). The van der Waals surface area contributed by atoms with E-state index in [1.54, 1.807) is 12.1 Å². The number of hydrogen-bond acceptors (Lipinski definition) is 2. The minimum atomic E-state index is -0.0271. The third kappa shape index (κ3) is 2.57. The number of aromatic nitrogens is 1. The van der Waals surface area contributed by atoms with Crippen LogP contribution in [0.5, 0.6) is 5.75 Å². The standard InChI is InChI=1S/C16H11I2NO2/c1-8-14(10-4-2-3-5-13(10)19-8)15(20)9-6-11(17)16(21)12(18)7-9/h2-7,19,21H,1H3. The van der Waals surface area contributed by atoms with Gasteiger partial charge in [0, 0.05) is 22.2 Å². The van der Waals surface area contributed by atoms with Gasteiger partial charge in [-0.15, -0.1) is 0 Å². The summed E-state index contributed by atoms with van der Waals surface area (Å²) in [5, 5.41) is 10.8. The zero-order valence-electron chi connectivity index (χ0n) is 11.1. The molecule has 2 aromatic carbocycles. The van der Waals surface area contributed by atoms with Gasteiger partial charge in [-0.1, -0.05) is 18.2 Å². The maximum atomic E-state index is 12.8. The van der Waals surface area contributed by atoms with Crippen LogP contribution < -0.4 is 0 Å². The van der Waals surface area contributed by atoms with Crippen molar-refractivity contribution in [1.29, 1.82) is 0 Å². The van der Waals surface area contributed by atoms with Gasteiger partial charge >= 0.3 is 0 Å². The number of nitrogens with one attached hydrogen (secondary N) is 1. The number of benzene rings is 2. The highest BCUT2D eigenvalue weighted by Crippen LogP contribution is 2.30. The Bertz CT molecular complexity index is 845. The second kappa shape index (κ2) is 5.60. The van der Waals surface area contributed by atoms with Crippen LogP contribution in [-0.4, -0.2) is 15.9 Å². The molecule has 21 heavy (non-hydrogen) atoms. The van der Waals surface area contributed by atoms with Crippen molar-refractivity contribution in [2.45, 2.75) is 6.92 Å². The molecule has 3 aromatic rings. The van der Waals surface area contributed by atoms with E-state index in [1.807, 2.05) is 76.4 Å². The number of phenols is 1. The fraction of sp³-hybridized carbons (Fsp3) is 0.0625. The van der Waals surface area contributed by atoms with Crippen LogP contribution in [0.15, 0.2) is 36.4 Å². The monoisotopic (exact) mass is 503 g/mol. The molecule has 0 aliphatic rings. The van der Waals surface area contributed by atoms with E-state index in [9.17, 15) is 9.90 Å². The Morgan fingerprint density at radius 2 is 1.76 bits per heavy atom. The Balaban J connectivity index is 2.19. The molecule has 0 fully saturated rings. The number of para-hydroxylation sites is 1. The molecule has 1 heterocycles. The smallest absolute Gasteiger partial charge is 0.195 e. The normalized spacial score (nSPS) is 11.0. The third-order valence-electron chi connectivity index (χ3n) is 3.40. The summed E-state index contributed by atoms with van der Waals surface area (Å²) in [5.74, 6) is 0.198. The topological polar surface area (TPSA) is 53.1 Å². The number of aromatic amines is 1. The van der Waals surface area contributed by atoms with Crippen molar-refractivity contribution in [3.63, 3.8) is 0 Å². The molecule has 1 aromatic heterocycles. The van der Waals surface area contributed by atoms with Crippen molar-refractivity contribution >= 4 is 61.9 Å². The highest BCUT2D eigenvalue weighted by Gasteiger charge is 2.19. The summed E-state index contributed by atoms with van der Waals surface area (Å²) < 4.78 is 1.36. The molecule has 0 saturated heterocycles. The summed E-state index contributed by atoms with van der Waals surface area (Å²) in [6.45, 7) is 1.91. The number of hydrogen-bond donors (Lipinski definition) is 2. The number of phenolic OH excluding ortho intramolecular Hbond substituents is 1. The van der Waals surface area contributed by atoms with Gasteiger partial charge in [0.25, 0.3) is 0 Å². The lowest BCUT2D eigenvalue weighted by Crippen LogP contribution is -2.03. The molecule has 0 spiro atoms. The number of ketones is 1. The molecule has 0 aliphatic heterocycles. The van der Waals surface area contributed by atoms with Crippen molar-refractivity contribution < 1.29 is 9.90 Å². The molecule has 0 saturated carbocycles. The second-order valence-electron chi connectivity index (χ2n) is 4.79. The van der Waals surface area contributed by atoms with Crippen molar-refractivity contribution in [3.05, 3.63) is 60.4 Å². The van der Waals surface area contributed by atoms with E-state index in [-0.39, 0.29) is 11.5 Å². The largest absolute Gasteiger partial charge is 0.506 e. The van der Waals surface area contributed by atoms with E-state index in [4.69, 9.17) is 0 Å². The summed E-state index contributed by atoms with van der Waals surface area (Å²) in [4.78, 5) is 16.1. The van der Waals surface area contributed by atoms with Crippen LogP contribution in [0.25, 0.3) is 10.9 Å². The number of aromatic hydroxyl groups is 1. The van der Waals surface area contributed by atoms with Crippen molar-refractivity contribution in [3.8, 4) is 5.75 Å². The number of rotatable bonds is 2. The molecular formula is C16H11I2NO2. The highest BCUT2D eigenvalue weighted by atomic mass is 127. The molecule has 0 radical (unpaired) electrons. The number of fused-ring (bicyclic) bond motifs is 1. The van der Waals surface area contributed by atoms with Gasteiger partial charge in [-0.3, -0.25) is 4.79 Å². The molecule has 0 unspecified atom stereocenters. The summed E-state index contributed by atoms with van der Waals surface area (Å²) in [5.41, 5.74) is 3.11. The molecule has 0 amide bonds. The van der Waals surface area contributed by atoms with Crippen LogP contribution in [-0.2, 0) is 0 Å². The summed E-state index contributed by atoms with van der Waals surface area (Å²) in [6, 6.07) is 11.2. The van der Waals surface area contributed by atoms with Gasteiger partial charge in [-0.2, -0.15) is 0 Å². The van der Waals surface area contributed by atoms with Crippen LogP contribution >= 0.6 is 45.2 Å². The first kappa shape index (κ1) is 14.8. The molecule has 3 nitrogen and oxygen atoms in total. The van der Waals surface area contributed by atoms with Crippen LogP contribution in [0, 0.1) is 14.1 Å². The minimum absolute atomic E-state index is 0.0271. The molecule has 106 valence electrons. The first-order chi connectivity index (χ1) is 9.99. The minimum Gasteiger partial charge on any atom is -0.506 e. The predicted molar refractivity (Wildman–Crippen MR) is 100 cm³/mol. The van der Waals surface area contributed by atoms with E-state index in [0.717, 1.165) is 16.6 Å². The zero-order valence-corrected chi connectivity index (χ0v) is 15.4. The van der Waals surface area contributed by atoms with Crippen LogP contribution in [0.2, 0.25) is 0 Å². The zero-order chi connectivity index (χ0) is 15.1. The molecule has 2 N–H and O–H groups in total. The van der Waals surface area contributed by atoms with Crippen LogP contribution in [0.3, 0.4) is 0 Å². The Labute approximate surface area is 149 Å². The van der Waals surface area contributed by atoms with Gasteiger partial charge in [-0.25, -0.2) is 0 Å². The number of carbonyl (C=O) groups is 1. The SMILES string of the molecule is Cc1[nH]c2ccccc2c1C(=O)c1cc(I)c(O)c(I)c1. The van der Waals surface area contributed by atoms with E-state index in [1.165, 1.54) is 0 Å². The van der Waals surface area contributed by atoms with Crippen molar-refractivity contribution in [2.24, 2.45) is 0 Å². The lowest BCUT2D eigenvalue weighted by atomic mass is 10.0. The summed E-state index contributed by atoms with van der Waals surface area (Å²) in [6.07, 6.45) is 0. The van der Waals surface area contributed by atoms with Crippen molar-refractivity contribution in [2.75, 3.05) is 0 Å². The Morgan fingerprint density at radius 3 is 2.43 bits per heavy atom. The number of H-pyrrole nitrogens is 1. The van der Waals surface area contributed by atoms with Gasteiger partial charge < -0.3 is 10.1 Å². The maximum absolute atomic E-state index is 12.8. The van der Waals surface area contributed by atoms with E-state index in [2.05, 4.69) is 4.98 Å². The fourth-order valence-electron chi connectivity index (χ4n) is 2.41. The molecule has 0 atom stereocenters. The van der Waals surface area contributed by atoms with Gasteiger partial charge in [0.1, 0.15) is 5.75 Å².